The summed E-state index contributed by atoms with van der Waals surface area (Å²) in [5.41, 5.74) is 3.68. The van der Waals surface area contributed by atoms with Crippen LogP contribution in [0.4, 0.5) is 5.69 Å². The van der Waals surface area contributed by atoms with Gasteiger partial charge in [0, 0.05) is 36.4 Å². The SMILES string of the molecule is CCc1cccc(NC(=S)NC2CCN(Cc3ccc(Cl)cc3)CC2)c1. The number of piperidine rings is 1. The summed E-state index contributed by atoms with van der Waals surface area (Å²) in [5.74, 6) is 0. The third-order valence-electron chi connectivity index (χ3n) is 4.84. The lowest BCUT2D eigenvalue weighted by Gasteiger charge is -2.33. The van der Waals surface area contributed by atoms with Gasteiger partial charge < -0.3 is 10.6 Å². The highest BCUT2D eigenvalue weighted by Crippen LogP contribution is 2.16. The second-order valence-corrected chi connectivity index (χ2v) is 7.67. The van der Waals surface area contributed by atoms with E-state index in [1.807, 2.05) is 12.1 Å². The van der Waals surface area contributed by atoms with Gasteiger partial charge in [0.05, 0.1) is 0 Å². The first-order valence-corrected chi connectivity index (χ1v) is 10.0. The molecule has 0 aliphatic carbocycles. The van der Waals surface area contributed by atoms with Crippen molar-refractivity contribution < 1.29 is 0 Å². The van der Waals surface area contributed by atoms with Crippen LogP contribution in [0.2, 0.25) is 5.02 Å². The van der Waals surface area contributed by atoms with Gasteiger partial charge in [-0.2, -0.15) is 0 Å². The van der Waals surface area contributed by atoms with Crippen molar-refractivity contribution in [3.8, 4) is 0 Å². The number of anilines is 1. The van der Waals surface area contributed by atoms with Crippen molar-refractivity contribution in [2.45, 2.75) is 38.8 Å². The molecular weight excluding hydrogens is 362 g/mol. The maximum atomic E-state index is 5.96. The van der Waals surface area contributed by atoms with E-state index in [1.165, 1.54) is 11.1 Å². The topological polar surface area (TPSA) is 27.3 Å². The van der Waals surface area contributed by atoms with Crippen LogP contribution in [0.15, 0.2) is 48.5 Å². The van der Waals surface area contributed by atoms with E-state index in [0.29, 0.717) is 6.04 Å². The summed E-state index contributed by atoms with van der Waals surface area (Å²) in [4.78, 5) is 2.49. The Balaban J connectivity index is 1.43. The summed E-state index contributed by atoms with van der Waals surface area (Å²) in [6.07, 6.45) is 3.23. The Morgan fingerprint density at radius 3 is 2.54 bits per heavy atom. The van der Waals surface area contributed by atoms with E-state index in [2.05, 4.69) is 58.9 Å². The lowest BCUT2D eigenvalue weighted by molar-refractivity contribution is 0.199. The van der Waals surface area contributed by atoms with Gasteiger partial charge in [-0.3, -0.25) is 4.90 Å². The molecule has 0 saturated carbocycles. The van der Waals surface area contributed by atoms with Crippen LogP contribution in [0.3, 0.4) is 0 Å². The van der Waals surface area contributed by atoms with E-state index >= 15 is 0 Å². The largest absolute Gasteiger partial charge is 0.360 e. The molecule has 0 unspecified atom stereocenters. The molecule has 1 aliphatic heterocycles. The molecule has 0 bridgehead atoms. The number of benzene rings is 2. The zero-order valence-corrected chi connectivity index (χ0v) is 16.7. The summed E-state index contributed by atoms with van der Waals surface area (Å²) in [5, 5.41) is 8.30. The Labute approximate surface area is 166 Å². The predicted octanol–water partition coefficient (Wildman–Crippen LogP) is 4.85. The smallest absolute Gasteiger partial charge is 0.170 e. The van der Waals surface area contributed by atoms with Crippen LogP contribution in [-0.4, -0.2) is 29.1 Å². The van der Waals surface area contributed by atoms with Crippen LogP contribution in [0, 0.1) is 0 Å². The van der Waals surface area contributed by atoms with Crippen molar-refractivity contribution in [1.82, 2.24) is 10.2 Å². The Hall–Kier alpha value is -1.62. The van der Waals surface area contributed by atoms with Crippen molar-refractivity contribution in [1.29, 1.82) is 0 Å². The molecule has 0 radical (unpaired) electrons. The van der Waals surface area contributed by atoms with E-state index in [1.54, 1.807) is 0 Å². The van der Waals surface area contributed by atoms with Crippen molar-refractivity contribution >= 4 is 34.6 Å². The highest BCUT2D eigenvalue weighted by molar-refractivity contribution is 7.80. The van der Waals surface area contributed by atoms with E-state index in [9.17, 15) is 0 Å². The minimum Gasteiger partial charge on any atom is -0.360 e. The van der Waals surface area contributed by atoms with Crippen LogP contribution in [-0.2, 0) is 13.0 Å². The van der Waals surface area contributed by atoms with Gasteiger partial charge in [-0.05, 0) is 66.9 Å². The number of nitrogens with one attached hydrogen (secondary N) is 2. The molecule has 0 atom stereocenters. The van der Waals surface area contributed by atoms with Gasteiger partial charge in [-0.15, -0.1) is 0 Å². The molecular formula is C21H26ClN3S. The first-order chi connectivity index (χ1) is 12.6. The summed E-state index contributed by atoms with van der Waals surface area (Å²) >= 11 is 11.5. The van der Waals surface area contributed by atoms with Gasteiger partial charge in [0.1, 0.15) is 0 Å². The Kier molecular flexibility index (Phi) is 6.89. The number of thiocarbonyl (C=S) groups is 1. The maximum absolute atomic E-state index is 5.96. The molecule has 1 fully saturated rings. The van der Waals surface area contributed by atoms with Gasteiger partial charge in [0.15, 0.2) is 5.11 Å². The lowest BCUT2D eigenvalue weighted by Crippen LogP contribution is -2.45. The fourth-order valence-corrected chi connectivity index (χ4v) is 3.72. The van der Waals surface area contributed by atoms with Crippen LogP contribution >= 0.6 is 23.8 Å². The molecule has 0 aromatic heterocycles. The molecule has 2 aromatic carbocycles. The minimum absolute atomic E-state index is 0.436. The number of aryl methyl sites for hydroxylation is 1. The van der Waals surface area contributed by atoms with Crippen LogP contribution < -0.4 is 10.6 Å². The van der Waals surface area contributed by atoms with Gasteiger partial charge >= 0.3 is 0 Å². The molecule has 1 saturated heterocycles. The lowest BCUT2D eigenvalue weighted by atomic mass is 10.0. The second-order valence-electron chi connectivity index (χ2n) is 6.83. The molecule has 3 nitrogen and oxygen atoms in total. The van der Waals surface area contributed by atoms with Gasteiger partial charge in [0.2, 0.25) is 0 Å². The first kappa shape index (κ1) is 19.2. The van der Waals surface area contributed by atoms with E-state index in [-0.39, 0.29) is 0 Å². The van der Waals surface area contributed by atoms with E-state index < -0.39 is 0 Å². The highest BCUT2D eigenvalue weighted by Gasteiger charge is 2.19. The number of nitrogens with zero attached hydrogens (tertiary/aromatic N) is 1. The van der Waals surface area contributed by atoms with Gasteiger partial charge in [0.25, 0.3) is 0 Å². The van der Waals surface area contributed by atoms with Crippen LogP contribution in [0.5, 0.6) is 0 Å². The Morgan fingerprint density at radius 1 is 1.12 bits per heavy atom. The van der Waals surface area contributed by atoms with Crippen LogP contribution in [0.25, 0.3) is 0 Å². The number of rotatable bonds is 5. The van der Waals surface area contributed by atoms with Crippen molar-refractivity contribution in [3.63, 3.8) is 0 Å². The Bertz CT molecular complexity index is 724. The molecule has 138 valence electrons. The summed E-state index contributed by atoms with van der Waals surface area (Å²) < 4.78 is 0. The van der Waals surface area contributed by atoms with Gasteiger partial charge in [-0.25, -0.2) is 0 Å². The third-order valence-corrected chi connectivity index (χ3v) is 5.31. The van der Waals surface area contributed by atoms with Crippen molar-refractivity contribution in [3.05, 3.63) is 64.7 Å². The molecule has 1 aliphatic rings. The monoisotopic (exact) mass is 387 g/mol. The zero-order chi connectivity index (χ0) is 18.4. The molecule has 3 rings (SSSR count). The summed E-state index contributed by atoms with van der Waals surface area (Å²) in [6, 6.07) is 17.0. The summed E-state index contributed by atoms with van der Waals surface area (Å²) in [7, 11) is 0. The molecule has 0 amide bonds. The van der Waals surface area contributed by atoms with E-state index in [0.717, 1.165) is 54.7 Å². The van der Waals surface area contributed by atoms with Crippen LogP contribution in [0.1, 0.15) is 30.9 Å². The zero-order valence-electron chi connectivity index (χ0n) is 15.2. The van der Waals surface area contributed by atoms with E-state index in [4.69, 9.17) is 23.8 Å². The molecule has 2 N–H and O–H groups in total. The first-order valence-electron chi connectivity index (χ1n) is 9.25. The predicted molar refractivity (Wildman–Crippen MR) is 115 cm³/mol. The summed E-state index contributed by atoms with van der Waals surface area (Å²) in [6.45, 7) is 5.30. The fraction of sp³-hybridized carbons (Fsp3) is 0.381. The maximum Gasteiger partial charge on any atom is 0.170 e. The number of halogens is 1. The Morgan fingerprint density at radius 2 is 1.85 bits per heavy atom. The normalized spacial score (nSPS) is 15.6. The second kappa shape index (κ2) is 9.36. The average Bonchev–Trinajstić information content (AvgIpc) is 2.65. The van der Waals surface area contributed by atoms with Gasteiger partial charge in [-0.1, -0.05) is 42.8 Å². The third kappa shape index (κ3) is 5.70. The standard InChI is InChI=1S/C21H26ClN3S/c1-2-16-4-3-5-20(14-16)24-21(26)23-19-10-12-25(13-11-19)15-17-6-8-18(22)9-7-17/h3-9,14,19H,2,10-13,15H2,1H3,(H2,23,24,26). The van der Waals surface area contributed by atoms with Crippen molar-refractivity contribution in [2.24, 2.45) is 0 Å². The average molecular weight is 388 g/mol. The molecule has 5 heteroatoms. The quantitative estimate of drug-likeness (QED) is 0.717. The molecule has 0 spiro atoms. The number of likely N-dealkylation sites (tertiary alicyclic amines) is 1. The van der Waals surface area contributed by atoms with Crippen molar-refractivity contribution in [2.75, 3.05) is 18.4 Å². The number of hydrogen-bond acceptors (Lipinski definition) is 2. The number of hydrogen-bond donors (Lipinski definition) is 2. The fourth-order valence-electron chi connectivity index (χ4n) is 3.31. The highest BCUT2D eigenvalue weighted by atomic mass is 35.5. The minimum atomic E-state index is 0.436. The molecule has 2 aromatic rings. The molecule has 26 heavy (non-hydrogen) atoms. The molecule has 1 heterocycles.